The summed E-state index contributed by atoms with van der Waals surface area (Å²) >= 11 is 0. The van der Waals surface area contributed by atoms with Crippen LogP contribution >= 0.6 is 12.4 Å². The molecule has 0 atom stereocenters. The zero-order valence-corrected chi connectivity index (χ0v) is 8.90. The summed E-state index contributed by atoms with van der Waals surface area (Å²) in [6.45, 7) is 4.16. The first-order chi connectivity index (χ1) is 5.93. The summed E-state index contributed by atoms with van der Waals surface area (Å²) in [4.78, 5) is 0. The van der Waals surface area contributed by atoms with Crippen LogP contribution in [0.25, 0.3) is 0 Å². The first kappa shape index (κ1) is 12.5. The molecule has 0 aliphatic rings. The van der Waals surface area contributed by atoms with Gasteiger partial charge >= 0.3 is 0 Å². The quantitative estimate of drug-likeness (QED) is 0.720. The molecule has 0 fully saturated rings. The Morgan fingerprint density at radius 3 is 2.85 bits per heavy atom. The van der Waals surface area contributed by atoms with Crippen LogP contribution in [0.2, 0.25) is 0 Å². The van der Waals surface area contributed by atoms with Gasteiger partial charge in [0, 0.05) is 0 Å². The number of halogens is 1. The Bertz CT molecular complexity index is 187. The molecule has 76 valence electrons. The molecule has 0 bridgehead atoms. The van der Waals surface area contributed by atoms with Gasteiger partial charge in [0.25, 0.3) is 0 Å². The maximum Gasteiger partial charge on any atom is 0.117 e. The van der Waals surface area contributed by atoms with E-state index in [0.29, 0.717) is 0 Å². The largest absolute Gasteiger partial charge is 0.468 e. The highest BCUT2D eigenvalue weighted by atomic mass is 35.5. The summed E-state index contributed by atoms with van der Waals surface area (Å²) in [5.41, 5.74) is 0. The lowest BCUT2D eigenvalue weighted by molar-refractivity contribution is 0.479. The molecule has 1 heterocycles. The highest BCUT2D eigenvalue weighted by Gasteiger charge is 1.92. The minimum absolute atomic E-state index is 0. The first-order valence-electron chi connectivity index (χ1n) is 4.66. The lowest BCUT2D eigenvalue weighted by atomic mass is 10.2. The van der Waals surface area contributed by atoms with Crippen molar-refractivity contribution in [1.29, 1.82) is 0 Å². The molecule has 0 unspecified atom stereocenters. The fraction of sp³-hybridized carbons (Fsp3) is 0.600. The van der Waals surface area contributed by atoms with E-state index >= 15 is 0 Å². The number of nitrogens with one attached hydrogen (secondary N) is 1. The monoisotopic (exact) mass is 203 g/mol. The molecule has 1 aromatic rings. The molecule has 1 N–H and O–H groups in total. The second-order valence-corrected chi connectivity index (χ2v) is 2.96. The maximum atomic E-state index is 5.18. The van der Waals surface area contributed by atoms with Crippen LogP contribution in [-0.4, -0.2) is 6.54 Å². The lowest BCUT2D eigenvalue weighted by Gasteiger charge is -2.00. The summed E-state index contributed by atoms with van der Waals surface area (Å²) in [5, 5.41) is 3.33. The predicted octanol–water partition coefficient (Wildman–Crippen LogP) is 2.98. The van der Waals surface area contributed by atoms with E-state index in [9.17, 15) is 0 Å². The van der Waals surface area contributed by atoms with E-state index in [2.05, 4.69) is 12.2 Å². The van der Waals surface area contributed by atoms with Crippen LogP contribution in [0.15, 0.2) is 22.8 Å². The van der Waals surface area contributed by atoms with Crippen molar-refractivity contribution < 1.29 is 4.42 Å². The second kappa shape index (κ2) is 8.14. The lowest BCUT2D eigenvalue weighted by Crippen LogP contribution is -2.13. The van der Waals surface area contributed by atoms with Crippen LogP contribution in [-0.2, 0) is 6.54 Å². The summed E-state index contributed by atoms with van der Waals surface area (Å²) in [6.07, 6.45) is 5.56. The van der Waals surface area contributed by atoms with Gasteiger partial charge in [-0.2, -0.15) is 0 Å². The van der Waals surface area contributed by atoms with Gasteiger partial charge in [0.2, 0.25) is 0 Å². The Balaban J connectivity index is 0.00000144. The molecule has 0 aliphatic heterocycles. The van der Waals surface area contributed by atoms with E-state index in [1.165, 1.54) is 19.3 Å². The normalized spacial score (nSPS) is 9.62. The first-order valence-corrected chi connectivity index (χ1v) is 4.66. The maximum absolute atomic E-state index is 5.18. The minimum atomic E-state index is 0. The van der Waals surface area contributed by atoms with Gasteiger partial charge in [0.05, 0.1) is 12.8 Å². The molecule has 1 aromatic heterocycles. The van der Waals surface area contributed by atoms with Gasteiger partial charge in [-0.1, -0.05) is 19.8 Å². The zero-order chi connectivity index (χ0) is 8.65. The van der Waals surface area contributed by atoms with Crippen molar-refractivity contribution in [2.45, 2.75) is 32.7 Å². The number of unbranched alkanes of at least 4 members (excludes halogenated alkanes) is 2. The average molecular weight is 204 g/mol. The van der Waals surface area contributed by atoms with Gasteiger partial charge in [-0.15, -0.1) is 12.4 Å². The molecule has 0 spiro atoms. The fourth-order valence-corrected chi connectivity index (χ4v) is 1.12. The van der Waals surface area contributed by atoms with Crippen molar-refractivity contribution in [3.05, 3.63) is 24.2 Å². The van der Waals surface area contributed by atoms with Crippen LogP contribution in [0.5, 0.6) is 0 Å². The van der Waals surface area contributed by atoms with Crippen LogP contribution in [0.3, 0.4) is 0 Å². The zero-order valence-electron chi connectivity index (χ0n) is 8.08. The van der Waals surface area contributed by atoms with Crippen LogP contribution in [0.4, 0.5) is 0 Å². The number of hydrogen-bond donors (Lipinski definition) is 1. The standard InChI is InChI=1S/C10H17NO.ClH/c1-2-3-4-7-11-9-10-6-5-8-12-10;/h5-6,8,11H,2-4,7,9H2,1H3;1H. The molecule has 0 aliphatic carbocycles. The smallest absolute Gasteiger partial charge is 0.117 e. The van der Waals surface area contributed by atoms with E-state index in [4.69, 9.17) is 4.42 Å². The van der Waals surface area contributed by atoms with E-state index < -0.39 is 0 Å². The third-order valence-electron chi connectivity index (χ3n) is 1.84. The highest BCUT2D eigenvalue weighted by molar-refractivity contribution is 5.85. The summed E-state index contributed by atoms with van der Waals surface area (Å²) < 4.78 is 5.18. The molecule has 0 amide bonds. The number of furan rings is 1. The Morgan fingerprint density at radius 1 is 1.38 bits per heavy atom. The van der Waals surface area contributed by atoms with Crippen LogP contribution in [0, 0.1) is 0 Å². The summed E-state index contributed by atoms with van der Waals surface area (Å²) in [6, 6.07) is 3.91. The summed E-state index contributed by atoms with van der Waals surface area (Å²) in [5.74, 6) is 1.02. The van der Waals surface area contributed by atoms with Gasteiger partial charge in [-0.25, -0.2) is 0 Å². The van der Waals surface area contributed by atoms with Crippen molar-refractivity contribution in [3.63, 3.8) is 0 Å². The van der Waals surface area contributed by atoms with Gasteiger partial charge in [0.1, 0.15) is 5.76 Å². The minimum Gasteiger partial charge on any atom is -0.468 e. The molecule has 0 saturated heterocycles. The molecule has 0 aromatic carbocycles. The van der Waals surface area contributed by atoms with Crippen molar-refractivity contribution >= 4 is 12.4 Å². The van der Waals surface area contributed by atoms with Crippen molar-refractivity contribution in [2.24, 2.45) is 0 Å². The average Bonchev–Trinajstić information content (AvgIpc) is 2.57. The number of hydrogen-bond acceptors (Lipinski definition) is 2. The van der Waals surface area contributed by atoms with Crippen molar-refractivity contribution in [2.75, 3.05) is 6.54 Å². The van der Waals surface area contributed by atoms with Crippen molar-refractivity contribution in [3.8, 4) is 0 Å². The third kappa shape index (κ3) is 5.72. The van der Waals surface area contributed by atoms with E-state index in [1.807, 2.05) is 12.1 Å². The molecule has 1 rings (SSSR count). The fourth-order valence-electron chi connectivity index (χ4n) is 1.12. The highest BCUT2D eigenvalue weighted by Crippen LogP contribution is 1.98. The van der Waals surface area contributed by atoms with Gasteiger partial charge < -0.3 is 9.73 Å². The molecule has 3 heteroatoms. The van der Waals surface area contributed by atoms with E-state index in [0.717, 1.165) is 18.8 Å². The van der Waals surface area contributed by atoms with Crippen LogP contribution in [0.1, 0.15) is 31.9 Å². The van der Waals surface area contributed by atoms with Crippen molar-refractivity contribution in [1.82, 2.24) is 5.32 Å². The molecular formula is C10H18ClNO. The predicted molar refractivity (Wildman–Crippen MR) is 57.2 cm³/mol. The molecule has 13 heavy (non-hydrogen) atoms. The van der Waals surface area contributed by atoms with Gasteiger partial charge in [0.15, 0.2) is 0 Å². The Labute approximate surface area is 86.1 Å². The Kier molecular flexibility index (Phi) is 7.85. The Hall–Kier alpha value is -0.470. The number of rotatable bonds is 6. The topological polar surface area (TPSA) is 25.2 Å². The molecule has 2 nitrogen and oxygen atoms in total. The van der Waals surface area contributed by atoms with E-state index in [1.54, 1.807) is 6.26 Å². The Morgan fingerprint density at radius 2 is 2.23 bits per heavy atom. The molecule has 0 saturated carbocycles. The third-order valence-corrected chi connectivity index (χ3v) is 1.84. The van der Waals surface area contributed by atoms with Crippen LogP contribution < -0.4 is 5.32 Å². The molecular weight excluding hydrogens is 186 g/mol. The van der Waals surface area contributed by atoms with Gasteiger partial charge in [-0.05, 0) is 25.1 Å². The summed E-state index contributed by atoms with van der Waals surface area (Å²) in [7, 11) is 0. The van der Waals surface area contributed by atoms with E-state index in [-0.39, 0.29) is 12.4 Å². The van der Waals surface area contributed by atoms with Gasteiger partial charge in [-0.3, -0.25) is 0 Å². The SMILES string of the molecule is CCCCCNCc1ccco1.Cl. The second-order valence-electron chi connectivity index (χ2n) is 2.96. The molecule has 0 radical (unpaired) electrons.